The highest BCUT2D eigenvalue weighted by Gasteiger charge is 2.06. The fraction of sp³-hybridized carbons (Fsp3) is 0.125. The van der Waals surface area contributed by atoms with E-state index in [0.717, 1.165) is 0 Å². The number of carbonyl (C=O) groups excluding carboxylic acids is 1. The van der Waals surface area contributed by atoms with Gasteiger partial charge in [-0.1, -0.05) is 24.3 Å². The molecule has 0 aliphatic heterocycles. The zero-order chi connectivity index (χ0) is 9.90. The van der Waals surface area contributed by atoms with Crippen LogP contribution in [0.15, 0.2) is 24.3 Å². The predicted molar refractivity (Wildman–Crippen MR) is 50.3 cm³/mol. The summed E-state index contributed by atoms with van der Waals surface area (Å²) >= 11 is 0. The van der Waals surface area contributed by atoms with Gasteiger partial charge in [0.15, 0.2) is 0 Å². The van der Waals surface area contributed by atoms with E-state index in [1.165, 1.54) is 0 Å². The standard InChI is InChI=1S/C8H7ClO3S/c9-13(11,12)6-8-3-1-7(5-10)2-4-8/h1-5H,6H2. The number of carbonyl (C=O) groups is 1. The molecule has 0 atom stereocenters. The van der Waals surface area contributed by atoms with Gasteiger partial charge in [0.25, 0.3) is 0 Å². The first-order valence-corrected chi connectivity index (χ1v) is 5.95. The van der Waals surface area contributed by atoms with Crippen molar-refractivity contribution in [1.82, 2.24) is 0 Å². The largest absolute Gasteiger partial charge is 0.298 e. The summed E-state index contributed by atoms with van der Waals surface area (Å²) in [6, 6.07) is 6.21. The topological polar surface area (TPSA) is 51.2 Å². The molecule has 3 nitrogen and oxygen atoms in total. The predicted octanol–water partition coefficient (Wildman–Crippen LogP) is 1.57. The molecule has 0 N–H and O–H groups in total. The average Bonchev–Trinajstić information content (AvgIpc) is 2.03. The zero-order valence-electron chi connectivity index (χ0n) is 6.60. The van der Waals surface area contributed by atoms with E-state index >= 15 is 0 Å². The van der Waals surface area contributed by atoms with Crippen molar-refractivity contribution in [1.29, 1.82) is 0 Å². The smallest absolute Gasteiger partial charge is 0.236 e. The van der Waals surface area contributed by atoms with E-state index in [2.05, 4.69) is 0 Å². The van der Waals surface area contributed by atoms with E-state index in [9.17, 15) is 13.2 Å². The van der Waals surface area contributed by atoms with Crippen LogP contribution in [0.1, 0.15) is 15.9 Å². The van der Waals surface area contributed by atoms with E-state index < -0.39 is 9.05 Å². The van der Waals surface area contributed by atoms with E-state index in [4.69, 9.17) is 10.7 Å². The lowest BCUT2D eigenvalue weighted by Crippen LogP contribution is -1.94. The molecule has 0 saturated carbocycles. The van der Waals surface area contributed by atoms with Crippen LogP contribution >= 0.6 is 10.7 Å². The van der Waals surface area contributed by atoms with Crippen molar-refractivity contribution in [3.8, 4) is 0 Å². The minimum Gasteiger partial charge on any atom is -0.298 e. The highest BCUT2D eigenvalue weighted by molar-refractivity contribution is 8.13. The Morgan fingerprint density at radius 3 is 2.15 bits per heavy atom. The first kappa shape index (κ1) is 10.2. The van der Waals surface area contributed by atoms with Gasteiger partial charge in [0.1, 0.15) is 6.29 Å². The highest BCUT2D eigenvalue weighted by atomic mass is 35.7. The molecule has 1 rings (SSSR count). The van der Waals surface area contributed by atoms with Crippen LogP contribution in [0.5, 0.6) is 0 Å². The molecule has 0 fully saturated rings. The van der Waals surface area contributed by atoms with Gasteiger partial charge >= 0.3 is 0 Å². The number of halogens is 1. The fourth-order valence-electron chi connectivity index (χ4n) is 0.892. The average molecular weight is 219 g/mol. The summed E-state index contributed by atoms with van der Waals surface area (Å²) in [6.07, 6.45) is 0.693. The maximum Gasteiger partial charge on any atom is 0.236 e. The van der Waals surface area contributed by atoms with Crippen LogP contribution in [0.2, 0.25) is 0 Å². The zero-order valence-corrected chi connectivity index (χ0v) is 8.18. The maximum atomic E-state index is 10.7. The Balaban J connectivity index is 2.87. The molecule has 5 heteroatoms. The van der Waals surface area contributed by atoms with Gasteiger partial charge in [-0.2, -0.15) is 0 Å². The lowest BCUT2D eigenvalue weighted by atomic mass is 10.2. The molecule has 0 amide bonds. The fourth-order valence-corrected chi connectivity index (χ4v) is 1.86. The number of benzene rings is 1. The summed E-state index contributed by atoms with van der Waals surface area (Å²) in [7, 11) is 1.53. The summed E-state index contributed by atoms with van der Waals surface area (Å²) in [5, 5.41) is 0. The van der Waals surface area contributed by atoms with Crippen molar-refractivity contribution in [2.45, 2.75) is 5.75 Å². The van der Waals surface area contributed by atoms with Gasteiger partial charge in [-0.25, -0.2) is 8.42 Å². The van der Waals surface area contributed by atoms with Crippen molar-refractivity contribution < 1.29 is 13.2 Å². The van der Waals surface area contributed by atoms with Gasteiger partial charge in [-0.3, -0.25) is 4.79 Å². The second kappa shape index (κ2) is 3.89. The van der Waals surface area contributed by atoms with Gasteiger partial charge < -0.3 is 0 Å². The molecule has 0 radical (unpaired) electrons. The number of rotatable bonds is 3. The number of aldehydes is 1. The maximum absolute atomic E-state index is 10.7. The Morgan fingerprint density at radius 1 is 1.23 bits per heavy atom. The summed E-state index contributed by atoms with van der Waals surface area (Å²) in [6.45, 7) is 0. The van der Waals surface area contributed by atoms with Crippen molar-refractivity contribution in [2.75, 3.05) is 0 Å². The van der Waals surface area contributed by atoms with Crippen molar-refractivity contribution in [3.05, 3.63) is 35.4 Å². The lowest BCUT2D eigenvalue weighted by molar-refractivity contribution is 0.112. The summed E-state index contributed by atoms with van der Waals surface area (Å²) in [5.74, 6) is -0.215. The van der Waals surface area contributed by atoms with Crippen molar-refractivity contribution >= 4 is 26.0 Å². The molecule has 0 spiro atoms. The third-order valence-corrected chi connectivity index (χ3v) is 2.46. The normalized spacial score (nSPS) is 11.2. The molecule has 13 heavy (non-hydrogen) atoms. The third-order valence-electron chi connectivity index (χ3n) is 1.45. The second-order valence-electron chi connectivity index (χ2n) is 2.54. The van der Waals surface area contributed by atoms with E-state index in [1.807, 2.05) is 0 Å². The number of hydrogen-bond donors (Lipinski definition) is 0. The Hall–Kier alpha value is -0.870. The molecule has 0 aliphatic rings. The van der Waals surface area contributed by atoms with Crippen LogP contribution in [-0.2, 0) is 14.8 Å². The van der Waals surface area contributed by atoms with E-state index in [0.29, 0.717) is 17.4 Å². The summed E-state index contributed by atoms with van der Waals surface area (Å²) in [4.78, 5) is 10.3. The van der Waals surface area contributed by atoms with E-state index in [-0.39, 0.29) is 5.75 Å². The molecule has 0 saturated heterocycles. The minimum atomic E-state index is -3.51. The van der Waals surface area contributed by atoms with Gasteiger partial charge in [0.05, 0.1) is 5.75 Å². The molecule has 1 aromatic rings. The van der Waals surface area contributed by atoms with Crippen LogP contribution in [0.3, 0.4) is 0 Å². The van der Waals surface area contributed by atoms with Crippen molar-refractivity contribution in [2.24, 2.45) is 0 Å². The molecule has 0 aliphatic carbocycles. The lowest BCUT2D eigenvalue weighted by Gasteiger charge is -1.97. The van der Waals surface area contributed by atoms with Gasteiger partial charge in [0, 0.05) is 16.2 Å². The molecule has 0 heterocycles. The van der Waals surface area contributed by atoms with Crippen LogP contribution in [0.4, 0.5) is 0 Å². The molecule has 70 valence electrons. The van der Waals surface area contributed by atoms with Crippen LogP contribution in [0, 0.1) is 0 Å². The monoisotopic (exact) mass is 218 g/mol. The molecule has 0 unspecified atom stereocenters. The van der Waals surface area contributed by atoms with Crippen molar-refractivity contribution in [3.63, 3.8) is 0 Å². The Bertz CT molecular complexity index is 394. The first-order chi connectivity index (χ1) is 6.01. The SMILES string of the molecule is O=Cc1ccc(CS(=O)(=O)Cl)cc1. The molecule has 0 aromatic heterocycles. The molecule has 0 bridgehead atoms. The van der Waals surface area contributed by atoms with Crippen LogP contribution in [-0.4, -0.2) is 14.7 Å². The minimum absolute atomic E-state index is 0.215. The van der Waals surface area contributed by atoms with Crippen LogP contribution in [0.25, 0.3) is 0 Å². The molecular weight excluding hydrogens is 212 g/mol. The first-order valence-electron chi connectivity index (χ1n) is 3.48. The second-order valence-corrected chi connectivity index (χ2v) is 5.32. The van der Waals surface area contributed by atoms with Gasteiger partial charge in [0.2, 0.25) is 9.05 Å². The number of hydrogen-bond acceptors (Lipinski definition) is 3. The quantitative estimate of drug-likeness (QED) is 0.572. The van der Waals surface area contributed by atoms with Gasteiger partial charge in [-0.15, -0.1) is 0 Å². The molecule has 1 aromatic carbocycles. The Kier molecular flexibility index (Phi) is 3.06. The summed E-state index contributed by atoms with van der Waals surface area (Å²) < 4.78 is 21.3. The van der Waals surface area contributed by atoms with Crippen LogP contribution < -0.4 is 0 Å². The Morgan fingerprint density at radius 2 is 1.77 bits per heavy atom. The third kappa shape index (κ3) is 3.57. The summed E-state index contributed by atoms with van der Waals surface area (Å²) in [5.41, 5.74) is 1.08. The highest BCUT2D eigenvalue weighted by Crippen LogP contribution is 2.09. The van der Waals surface area contributed by atoms with E-state index in [1.54, 1.807) is 24.3 Å². The molecular formula is C8H7ClO3S. The van der Waals surface area contributed by atoms with Gasteiger partial charge in [-0.05, 0) is 5.56 Å². The Labute approximate surface area is 80.8 Å².